The summed E-state index contributed by atoms with van der Waals surface area (Å²) in [5, 5.41) is 15.1. The molecule has 3 rings (SSSR count). The van der Waals surface area contributed by atoms with E-state index in [1.807, 2.05) is 18.2 Å². The first-order valence-corrected chi connectivity index (χ1v) is 10.6. The second-order valence-corrected chi connectivity index (χ2v) is 8.28. The molecule has 0 aliphatic heterocycles. The molecule has 6 nitrogen and oxygen atoms in total. The summed E-state index contributed by atoms with van der Waals surface area (Å²) in [6, 6.07) is 15.5. The molecular weight excluding hydrogens is 542 g/mol. The van der Waals surface area contributed by atoms with E-state index < -0.39 is 4.92 Å². The van der Waals surface area contributed by atoms with Gasteiger partial charge in [-0.25, -0.2) is 0 Å². The second-order valence-electron chi connectivity index (χ2n) is 6.30. The molecule has 0 radical (unpaired) electrons. The molecule has 0 bridgehead atoms. The van der Waals surface area contributed by atoms with Crippen molar-refractivity contribution in [3.05, 3.63) is 89.5 Å². The monoisotopic (exact) mass is 558 g/mol. The van der Waals surface area contributed by atoms with Crippen LogP contribution in [0.4, 0.5) is 11.4 Å². The summed E-state index contributed by atoms with van der Waals surface area (Å²) in [6.45, 7) is 0.832. The summed E-state index contributed by atoms with van der Waals surface area (Å²) in [5.41, 5.74) is 2.73. The van der Waals surface area contributed by atoms with Crippen molar-refractivity contribution in [2.45, 2.75) is 13.2 Å². The van der Waals surface area contributed by atoms with Crippen molar-refractivity contribution < 1.29 is 14.4 Å². The Kier molecular flexibility index (Phi) is 7.63. The minimum atomic E-state index is -0.429. The van der Waals surface area contributed by atoms with Crippen LogP contribution in [-0.2, 0) is 13.2 Å². The fourth-order valence-corrected chi connectivity index (χ4v) is 3.81. The van der Waals surface area contributed by atoms with Gasteiger partial charge in [-0.3, -0.25) is 10.1 Å². The van der Waals surface area contributed by atoms with Crippen molar-refractivity contribution in [2.24, 2.45) is 0 Å². The highest BCUT2D eigenvalue weighted by Crippen LogP contribution is 2.35. The summed E-state index contributed by atoms with van der Waals surface area (Å²) in [6.07, 6.45) is 0. The van der Waals surface area contributed by atoms with Gasteiger partial charge in [-0.2, -0.15) is 0 Å². The highest BCUT2D eigenvalue weighted by atomic mass is 127. The molecule has 0 atom stereocenters. The first kappa shape index (κ1) is 22.5. The summed E-state index contributed by atoms with van der Waals surface area (Å²) in [5.74, 6) is 1.23. The predicted octanol–water partition coefficient (Wildman–Crippen LogP) is 6.71. The summed E-state index contributed by atoms with van der Waals surface area (Å²) in [4.78, 5) is 10.3. The van der Waals surface area contributed by atoms with Crippen molar-refractivity contribution in [3.8, 4) is 11.5 Å². The van der Waals surface area contributed by atoms with Gasteiger partial charge in [0.15, 0.2) is 11.5 Å². The van der Waals surface area contributed by atoms with Crippen LogP contribution in [0.25, 0.3) is 0 Å². The largest absolute Gasteiger partial charge is 0.493 e. The molecule has 30 heavy (non-hydrogen) atoms. The van der Waals surface area contributed by atoms with E-state index in [1.165, 1.54) is 12.1 Å². The number of methoxy groups -OCH3 is 1. The topological polar surface area (TPSA) is 73.6 Å². The average Bonchev–Trinajstić information content (AvgIpc) is 2.73. The minimum Gasteiger partial charge on any atom is -0.493 e. The van der Waals surface area contributed by atoms with Crippen LogP contribution in [0.3, 0.4) is 0 Å². The van der Waals surface area contributed by atoms with E-state index in [2.05, 4.69) is 27.9 Å². The molecule has 0 aliphatic carbocycles. The fraction of sp³-hybridized carbons (Fsp3) is 0.143. The van der Waals surface area contributed by atoms with Crippen molar-refractivity contribution in [2.75, 3.05) is 12.4 Å². The van der Waals surface area contributed by atoms with E-state index in [1.54, 1.807) is 31.4 Å². The molecule has 9 heteroatoms. The van der Waals surface area contributed by atoms with Crippen molar-refractivity contribution in [3.63, 3.8) is 0 Å². The number of anilines is 1. The molecule has 1 N–H and O–H groups in total. The Balaban J connectivity index is 1.70. The van der Waals surface area contributed by atoms with Crippen LogP contribution in [-0.4, -0.2) is 12.0 Å². The maximum atomic E-state index is 10.8. The second kappa shape index (κ2) is 10.2. The maximum Gasteiger partial charge on any atom is 0.269 e. The predicted molar refractivity (Wildman–Crippen MR) is 127 cm³/mol. The molecule has 0 fully saturated rings. The number of benzene rings is 3. The summed E-state index contributed by atoms with van der Waals surface area (Å²) in [7, 11) is 1.58. The zero-order chi connectivity index (χ0) is 21.7. The molecule has 0 saturated carbocycles. The van der Waals surface area contributed by atoms with Crippen LogP contribution in [0, 0.1) is 13.7 Å². The van der Waals surface area contributed by atoms with Gasteiger partial charge in [-0.1, -0.05) is 23.2 Å². The Hall–Kier alpha value is -2.23. The molecule has 156 valence electrons. The van der Waals surface area contributed by atoms with Crippen LogP contribution < -0.4 is 14.8 Å². The quantitative estimate of drug-likeness (QED) is 0.189. The average molecular weight is 559 g/mol. The van der Waals surface area contributed by atoms with Crippen LogP contribution in [0.2, 0.25) is 10.0 Å². The Morgan fingerprint density at radius 2 is 1.77 bits per heavy atom. The summed E-state index contributed by atoms with van der Waals surface area (Å²) >= 11 is 14.2. The van der Waals surface area contributed by atoms with Crippen molar-refractivity contribution in [1.82, 2.24) is 0 Å². The van der Waals surface area contributed by atoms with E-state index in [-0.39, 0.29) is 12.3 Å². The highest BCUT2D eigenvalue weighted by molar-refractivity contribution is 14.1. The Bertz CT molecular complexity index is 1060. The first-order valence-electron chi connectivity index (χ1n) is 8.79. The van der Waals surface area contributed by atoms with E-state index >= 15 is 0 Å². The summed E-state index contributed by atoms with van der Waals surface area (Å²) < 4.78 is 12.3. The molecule has 3 aromatic carbocycles. The molecule has 0 saturated heterocycles. The SMILES string of the molecule is COc1cc(CNc2ccc(Cl)c(Cl)c2)cc(I)c1OCc1ccc([N+](=O)[O-])cc1. The fourth-order valence-electron chi connectivity index (χ4n) is 2.69. The third-order valence-corrected chi connectivity index (χ3v) is 5.78. The number of ether oxygens (including phenoxy) is 2. The minimum absolute atomic E-state index is 0.0461. The number of nitrogens with one attached hydrogen (secondary N) is 1. The van der Waals surface area contributed by atoms with Crippen molar-refractivity contribution in [1.29, 1.82) is 0 Å². The lowest BCUT2D eigenvalue weighted by Gasteiger charge is -2.15. The van der Waals surface area contributed by atoms with Gasteiger partial charge in [0.2, 0.25) is 0 Å². The number of nitro benzene ring substituents is 1. The molecule has 0 heterocycles. The van der Waals surface area contributed by atoms with Crippen molar-refractivity contribution >= 4 is 57.2 Å². The smallest absolute Gasteiger partial charge is 0.269 e. The Morgan fingerprint density at radius 3 is 2.40 bits per heavy atom. The zero-order valence-corrected chi connectivity index (χ0v) is 19.5. The van der Waals surface area contributed by atoms with Gasteiger partial charge >= 0.3 is 0 Å². The van der Waals surface area contributed by atoms with Crippen LogP contribution in [0.15, 0.2) is 54.6 Å². The van der Waals surface area contributed by atoms with Gasteiger partial charge in [0, 0.05) is 24.4 Å². The van der Waals surface area contributed by atoms with E-state index in [9.17, 15) is 10.1 Å². The third-order valence-electron chi connectivity index (χ3n) is 4.24. The number of nitro groups is 1. The number of nitrogens with zero attached hydrogens (tertiary/aromatic N) is 1. The van der Waals surface area contributed by atoms with Crippen LogP contribution in [0.5, 0.6) is 11.5 Å². The maximum absolute atomic E-state index is 10.8. The molecule has 0 amide bonds. The first-order chi connectivity index (χ1) is 14.4. The third kappa shape index (κ3) is 5.68. The van der Waals surface area contributed by atoms with Gasteiger partial charge in [0.05, 0.1) is 25.6 Å². The van der Waals surface area contributed by atoms with Gasteiger partial charge in [-0.15, -0.1) is 0 Å². The van der Waals surface area contributed by atoms with Crippen LogP contribution in [0.1, 0.15) is 11.1 Å². The van der Waals surface area contributed by atoms with Gasteiger partial charge in [0.25, 0.3) is 5.69 Å². The van der Waals surface area contributed by atoms with E-state index in [4.69, 9.17) is 32.7 Å². The molecule has 0 aliphatic rings. The lowest BCUT2D eigenvalue weighted by atomic mass is 10.2. The van der Waals surface area contributed by atoms with Gasteiger partial charge < -0.3 is 14.8 Å². The van der Waals surface area contributed by atoms with E-state index in [0.29, 0.717) is 28.1 Å². The molecule has 0 spiro atoms. The van der Waals surface area contributed by atoms with Gasteiger partial charge in [-0.05, 0) is 76.2 Å². The van der Waals surface area contributed by atoms with E-state index in [0.717, 1.165) is 20.4 Å². The lowest BCUT2D eigenvalue weighted by Crippen LogP contribution is -2.04. The zero-order valence-electron chi connectivity index (χ0n) is 15.8. The highest BCUT2D eigenvalue weighted by Gasteiger charge is 2.13. The normalized spacial score (nSPS) is 10.5. The number of rotatable bonds is 8. The Morgan fingerprint density at radius 1 is 1.03 bits per heavy atom. The van der Waals surface area contributed by atoms with Gasteiger partial charge in [0.1, 0.15) is 6.61 Å². The Labute approximate surface area is 197 Å². The molecule has 0 unspecified atom stereocenters. The number of hydrogen-bond acceptors (Lipinski definition) is 5. The lowest BCUT2D eigenvalue weighted by molar-refractivity contribution is -0.384. The molecule has 0 aromatic heterocycles. The molecule has 3 aromatic rings. The number of halogens is 3. The molecular formula is C21H17Cl2IN2O4. The number of hydrogen-bond donors (Lipinski definition) is 1. The number of non-ortho nitro benzene ring substituents is 1. The standard InChI is InChI=1S/C21H17Cl2IN2O4/c1-29-20-9-14(11-25-15-4-7-17(22)18(23)10-15)8-19(24)21(20)30-12-13-2-5-16(6-3-13)26(27)28/h2-10,25H,11-12H2,1H3. The van der Waals surface area contributed by atoms with Crippen LogP contribution >= 0.6 is 45.8 Å².